The highest BCUT2D eigenvalue weighted by Crippen LogP contribution is 2.25. The zero-order valence-corrected chi connectivity index (χ0v) is 11.6. The maximum absolute atomic E-state index is 12.2. The molecule has 1 aliphatic rings. The molecule has 20 heavy (non-hydrogen) atoms. The van der Waals surface area contributed by atoms with Crippen molar-refractivity contribution in [1.29, 1.82) is 0 Å². The Morgan fingerprint density at radius 3 is 2.75 bits per heavy atom. The van der Waals surface area contributed by atoms with E-state index in [4.69, 9.17) is 5.73 Å². The molecule has 0 spiro atoms. The lowest BCUT2D eigenvalue weighted by Crippen LogP contribution is -2.42. The predicted molar refractivity (Wildman–Crippen MR) is 74.4 cm³/mol. The van der Waals surface area contributed by atoms with E-state index in [1.165, 1.54) is 16.8 Å². The second-order valence-corrected chi connectivity index (χ2v) is 5.09. The minimum atomic E-state index is -0.455. The van der Waals surface area contributed by atoms with E-state index in [1.807, 2.05) is 0 Å². The summed E-state index contributed by atoms with van der Waals surface area (Å²) in [5.41, 5.74) is 4.58. The number of hydrogen-bond donors (Lipinski definition) is 1. The molecule has 1 aromatic rings. The van der Waals surface area contributed by atoms with Gasteiger partial charge in [0, 0.05) is 31.9 Å². The van der Waals surface area contributed by atoms with E-state index in [1.54, 1.807) is 11.9 Å². The van der Waals surface area contributed by atoms with Gasteiger partial charge in [-0.05, 0) is 25.8 Å². The summed E-state index contributed by atoms with van der Waals surface area (Å²) in [4.78, 5) is 37.5. The van der Waals surface area contributed by atoms with Crippen molar-refractivity contribution in [3.63, 3.8) is 0 Å². The van der Waals surface area contributed by atoms with Crippen molar-refractivity contribution in [1.82, 2.24) is 14.0 Å². The predicted octanol–water partition coefficient (Wildman–Crippen LogP) is -1.02. The van der Waals surface area contributed by atoms with Crippen LogP contribution in [0.25, 0.3) is 0 Å². The summed E-state index contributed by atoms with van der Waals surface area (Å²) in [6.07, 6.45) is 3.97. The van der Waals surface area contributed by atoms with Crippen molar-refractivity contribution >= 4 is 5.91 Å². The average molecular weight is 280 g/mol. The molecule has 0 saturated heterocycles. The topological polar surface area (TPSA) is 90.3 Å². The second kappa shape index (κ2) is 6.04. The highest BCUT2D eigenvalue weighted by Gasteiger charge is 2.29. The van der Waals surface area contributed by atoms with Crippen LogP contribution in [0.2, 0.25) is 0 Å². The van der Waals surface area contributed by atoms with Gasteiger partial charge in [-0.15, -0.1) is 0 Å². The van der Waals surface area contributed by atoms with Gasteiger partial charge in [-0.2, -0.15) is 0 Å². The summed E-state index contributed by atoms with van der Waals surface area (Å²) in [6, 6.07) is 1.61. The molecular weight excluding hydrogens is 260 g/mol. The summed E-state index contributed by atoms with van der Waals surface area (Å²) in [6.45, 7) is 0.653. The van der Waals surface area contributed by atoms with Crippen molar-refractivity contribution < 1.29 is 4.79 Å². The van der Waals surface area contributed by atoms with Crippen LogP contribution in [0.15, 0.2) is 21.9 Å². The summed E-state index contributed by atoms with van der Waals surface area (Å²) < 4.78 is 2.40. The molecule has 7 nitrogen and oxygen atoms in total. The standard InChI is InChI=1S/C13H20N4O3/c1-15(10-3-4-10)12(19)9-16-8-5-11(18)17(13(16)20)7-2-6-14/h5,8,10H,2-4,6-7,9,14H2,1H3. The number of likely N-dealkylation sites (N-methyl/N-ethyl adjacent to an activating group) is 1. The largest absolute Gasteiger partial charge is 0.341 e. The molecule has 2 rings (SSSR count). The van der Waals surface area contributed by atoms with Crippen LogP contribution in [-0.2, 0) is 17.9 Å². The Kier molecular flexibility index (Phi) is 4.39. The molecule has 1 aromatic heterocycles. The van der Waals surface area contributed by atoms with Crippen LogP contribution in [0, 0.1) is 0 Å². The highest BCUT2D eigenvalue weighted by molar-refractivity contribution is 5.76. The third-order valence-corrected chi connectivity index (χ3v) is 3.52. The number of rotatable bonds is 6. The minimum Gasteiger partial charge on any atom is -0.341 e. The van der Waals surface area contributed by atoms with Crippen molar-refractivity contribution in [3.05, 3.63) is 33.1 Å². The van der Waals surface area contributed by atoms with Crippen molar-refractivity contribution in [2.24, 2.45) is 5.73 Å². The third-order valence-electron chi connectivity index (χ3n) is 3.52. The summed E-state index contributed by atoms with van der Waals surface area (Å²) in [5.74, 6) is -0.112. The van der Waals surface area contributed by atoms with Crippen molar-refractivity contribution in [2.45, 2.75) is 38.4 Å². The average Bonchev–Trinajstić information content (AvgIpc) is 3.25. The first kappa shape index (κ1) is 14.5. The lowest BCUT2D eigenvalue weighted by molar-refractivity contribution is -0.131. The second-order valence-electron chi connectivity index (χ2n) is 5.09. The van der Waals surface area contributed by atoms with Crippen molar-refractivity contribution in [3.8, 4) is 0 Å². The normalized spacial score (nSPS) is 14.3. The number of nitrogens with two attached hydrogens (primary N) is 1. The van der Waals surface area contributed by atoms with Gasteiger partial charge in [0.15, 0.2) is 0 Å². The molecule has 0 unspecified atom stereocenters. The first-order valence-electron chi connectivity index (χ1n) is 6.80. The van der Waals surface area contributed by atoms with E-state index in [0.717, 1.165) is 17.4 Å². The maximum atomic E-state index is 12.2. The van der Waals surface area contributed by atoms with Crippen molar-refractivity contribution in [2.75, 3.05) is 13.6 Å². The van der Waals surface area contributed by atoms with Gasteiger partial charge in [0.05, 0.1) is 0 Å². The number of carbonyl (C=O) groups excluding carboxylic acids is 1. The fourth-order valence-electron chi connectivity index (χ4n) is 2.06. The first-order valence-corrected chi connectivity index (χ1v) is 6.80. The van der Waals surface area contributed by atoms with Gasteiger partial charge in [-0.25, -0.2) is 4.79 Å². The Balaban J connectivity index is 2.17. The Morgan fingerprint density at radius 2 is 2.15 bits per heavy atom. The molecule has 1 aliphatic carbocycles. The van der Waals surface area contributed by atoms with E-state index in [9.17, 15) is 14.4 Å². The summed E-state index contributed by atoms with van der Waals surface area (Å²) in [5, 5.41) is 0. The van der Waals surface area contributed by atoms with Gasteiger partial charge in [0.1, 0.15) is 6.54 Å². The van der Waals surface area contributed by atoms with Gasteiger partial charge < -0.3 is 10.6 Å². The lowest BCUT2D eigenvalue weighted by atomic mass is 10.4. The molecule has 1 amide bonds. The van der Waals surface area contributed by atoms with Gasteiger partial charge in [0.2, 0.25) is 5.91 Å². The minimum absolute atomic E-state index is 0.0330. The monoisotopic (exact) mass is 280 g/mol. The van der Waals surface area contributed by atoms with E-state index in [0.29, 0.717) is 19.0 Å². The van der Waals surface area contributed by atoms with Crippen LogP contribution in [0.4, 0.5) is 0 Å². The van der Waals surface area contributed by atoms with Crippen LogP contribution in [-0.4, -0.2) is 39.6 Å². The van der Waals surface area contributed by atoms with Gasteiger partial charge in [0.25, 0.3) is 5.56 Å². The highest BCUT2D eigenvalue weighted by atomic mass is 16.2. The molecule has 0 radical (unpaired) electrons. The Morgan fingerprint density at radius 1 is 1.45 bits per heavy atom. The fraction of sp³-hybridized carbons (Fsp3) is 0.615. The molecule has 0 aliphatic heterocycles. The van der Waals surface area contributed by atoms with Gasteiger partial charge in [-0.3, -0.25) is 18.7 Å². The van der Waals surface area contributed by atoms with Crippen LogP contribution >= 0.6 is 0 Å². The maximum Gasteiger partial charge on any atom is 0.331 e. The molecule has 1 heterocycles. The molecule has 0 bridgehead atoms. The molecular formula is C13H20N4O3. The lowest BCUT2D eigenvalue weighted by Gasteiger charge is -2.17. The van der Waals surface area contributed by atoms with Crippen LogP contribution in [0.1, 0.15) is 19.3 Å². The number of carbonyl (C=O) groups is 1. The van der Waals surface area contributed by atoms with Crippen LogP contribution in [0.5, 0.6) is 0 Å². The van der Waals surface area contributed by atoms with E-state index < -0.39 is 5.69 Å². The fourth-order valence-corrected chi connectivity index (χ4v) is 2.06. The van der Waals surface area contributed by atoms with E-state index in [2.05, 4.69) is 0 Å². The molecule has 0 atom stereocenters. The number of amides is 1. The van der Waals surface area contributed by atoms with Crippen LogP contribution in [0.3, 0.4) is 0 Å². The van der Waals surface area contributed by atoms with Crippen LogP contribution < -0.4 is 17.0 Å². The Bertz CT molecular complexity index is 600. The smallest absolute Gasteiger partial charge is 0.331 e. The number of hydrogen-bond acceptors (Lipinski definition) is 4. The summed E-state index contributed by atoms with van der Waals surface area (Å²) >= 11 is 0. The molecule has 110 valence electrons. The Hall–Kier alpha value is -1.89. The van der Waals surface area contributed by atoms with Gasteiger partial charge in [-0.1, -0.05) is 0 Å². The Labute approximate surface area is 116 Å². The summed E-state index contributed by atoms with van der Waals surface area (Å²) in [7, 11) is 1.75. The molecule has 1 fully saturated rings. The number of aromatic nitrogens is 2. The molecule has 1 saturated carbocycles. The molecule has 0 aromatic carbocycles. The number of nitrogens with zero attached hydrogens (tertiary/aromatic N) is 3. The quantitative estimate of drug-likeness (QED) is 0.722. The third kappa shape index (κ3) is 3.16. The van der Waals surface area contributed by atoms with Gasteiger partial charge >= 0.3 is 5.69 Å². The molecule has 2 N–H and O–H groups in total. The van der Waals surface area contributed by atoms with E-state index >= 15 is 0 Å². The zero-order valence-electron chi connectivity index (χ0n) is 11.6. The SMILES string of the molecule is CN(C(=O)Cn1ccc(=O)n(CCCN)c1=O)C1CC1. The first-order chi connectivity index (χ1) is 9.54. The molecule has 7 heteroatoms. The zero-order chi connectivity index (χ0) is 14.7. The van der Waals surface area contributed by atoms with E-state index in [-0.39, 0.29) is 24.6 Å².